The van der Waals surface area contributed by atoms with E-state index in [1.54, 1.807) is 0 Å². The molecule has 0 amide bonds. The van der Waals surface area contributed by atoms with E-state index >= 15 is 0 Å². The molecule has 0 fully saturated rings. The van der Waals surface area contributed by atoms with Gasteiger partial charge >= 0.3 is 0 Å². The zero-order valence-electron chi connectivity index (χ0n) is 29.7. The van der Waals surface area contributed by atoms with Crippen LogP contribution in [0.15, 0.2) is 0 Å². The van der Waals surface area contributed by atoms with Crippen LogP contribution < -0.4 is 4.89 Å². The van der Waals surface area contributed by atoms with Gasteiger partial charge in [0.2, 0.25) is 0 Å². The third kappa shape index (κ3) is 34.8. The summed E-state index contributed by atoms with van der Waals surface area (Å²) in [7, 11) is 1.07. The largest absolute Gasteiger partial charge is 0.756 e. The predicted molar refractivity (Wildman–Crippen MR) is 182 cm³/mol. The van der Waals surface area contributed by atoms with Crippen LogP contribution in [0, 0.1) is 0 Å². The first kappa shape index (κ1) is 43.9. The fraction of sp³-hybridized carbons (Fsp3) is 1.00. The average molecular weight is 652 g/mol. The highest BCUT2D eigenvalue weighted by Gasteiger charge is 2.22. The lowest BCUT2D eigenvalue weighted by Crippen LogP contribution is -2.42. The molecule has 0 heterocycles. The summed E-state index contributed by atoms with van der Waals surface area (Å²) in [4.78, 5) is 20.1. The summed E-state index contributed by atoms with van der Waals surface area (Å²) in [6, 6.07) is 0. The molecule has 0 aromatic carbocycles. The van der Waals surface area contributed by atoms with E-state index in [4.69, 9.17) is 23.6 Å². The van der Waals surface area contributed by atoms with Crippen molar-refractivity contribution >= 4 is 7.82 Å². The van der Waals surface area contributed by atoms with Gasteiger partial charge in [0.15, 0.2) is 0 Å². The van der Waals surface area contributed by atoms with Crippen molar-refractivity contribution in [3.63, 3.8) is 0 Å². The zero-order chi connectivity index (χ0) is 32.8. The van der Waals surface area contributed by atoms with Crippen molar-refractivity contribution < 1.29 is 37.6 Å². The summed E-state index contributed by atoms with van der Waals surface area (Å²) in [5, 5.41) is 0. The van der Waals surface area contributed by atoms with Crippen molar-refractivity contribution in [2.45, 2.75) is 167 Å². The predicted octanol–water partition coefficient (Wildman–Crippen LogP) is 8.58. The second-order valence-electron chi connectivity index (χ2n) is 13.8. The highest BCUT2D eigenvalue weighted by molar-refractivity contribution is 7.44. The van der Waals surface area contributed by atoms with Crippen molar-refractivity contribution in [1.82, 2.24) is 0 Å². The second-order valence-corrected chi connectivity index (χ2v) is 14.9. The highest BCUT2D eigenvalue weighted by atomic mass is 31.2. The molecule has 0 rings (SSSR count). The van der Waals surface area contributed by atoms with E-state index in [1.807, 2.05) is 21.1 Å². The molecule has 0 radical (unpaired) electrons. The van der Waals surface area contributed by atoms with Crippen molar-refractivity contribution in [3.8, 4) is 0 Å². The molecule has 1 N–H and O–H groups in total. The number of phosphoric ester groups is 1. The van der Waals surface area contributed by atoms with E-state index in [0.29, 0.717) is 43.4 Å². The van der Waals surface area contributed by atoms with Gasteiger partial charge in [-0.3, -0.25) is 4.57 Å². The summed E-state index contributed by atoms with van der Waals surface area (Å²) >= 11 is 0. The van der Waals surface area contributed by atoms with E-state index in [-0.39, 0.29) is 0 Å². The smallest absolute Gasteiger partial charge is 0.265 e. The maximum absolute atomic E-state index is 11.1. The molecule has 8 nitrogen and oxygen atoms in total. The van der Waals surface area contributed by atoms with Crippen molar-refractivity contribution in [2.24, 2.45) is 0 Å². The van der Waals surface area contributed by atoms with Crippen LogP contribution in [0.4, 0.5) is 0 Å². The van der Waals surface area contributed by atoms with Gasteiger partial charge in [-0.25, -0.2) is 0 Å². The Balaban J connectivity index is 3.54. The SMILES string of the molecule is CCCCCCCCCCCCC(CCC)OCCCCCCCCCCOCCOCCC(C[N+](C)(C)C)OP(=O)([O-])O. The second kappa shape index (κ2) is 30.3. The Labute approximate surface area is 273 Å². The Kier molecular flexibility index (Phi) is 30.3. The monoisotopic (exact) mass is 652 g/mol. The van der Waals surface area contributed by atoms with Gasteiger partial charge in [-0.05, 0) is 25.7 Å². The molecule has 0 aromatic heterocycles. The van der Waals surface area contributed by atoms with Gasteiger partial charge in [0, 0.05) is 26.2 Å². The molecule has 3 atom stereocenters. The van der Waals surface area contributed by atoms with Gasteiger partial charge in [0.1, 0.15) is 12.6 Å². The lowest BCUT2D eigenvalue weighted by Gasteiger charge is -2.31. The van der Waals surface area contributed by atoms with Crippen LogP contribution >= 0.6 is 7.82 Å². The summed E-state index contributed by atoms with van der Waals surface area (Å²) < 4.78 is 33.9. The third-order valence-corrected chi connectivity index (χ3v) is 8.58. The number of rotatable bonds is 35. The quantitative estimate of drug-likeness (QED) is 0.0416. The molecule has 0 aliphatic rings. The Morgan fingerprint density at radius 3 is 1.55 bits per heavy atom. The first-order valence-corrected chi connectivity index (χ1v) is 19.9. The molecule has 3 unspecified atom stereocenters. The van der Waals surface area contributed by atoms with Crippen LogP contribution in [-0.4, -0.2) is 82.3 Å². The normalized spacial score (nSPS) is 15.0. The molecule has 266 valence electrons. The van der Waals surface area contributed by atoms with Crippen LogP contribution in [0.3, 0.4) is 0 Å². The summed E-state index contributed by atoms with van der Waals surface area (Å²) in [5.41, 5.74) is 0. The molecule has 9 heteroatoms. The van der Waals surface area contributed by atoms with Crippen LogP contribution in [0.1, 0.15) is 155 Å². The Morgan fingerprint density at radius 2 is 1.05 bits per heavy atom. The first-order chi connectivity index (χ1) is 21.1. The van der Waals surface area contributed by atoms with E-state index in [9.17, 15) is 9.46 Å². The number of nitrogens with zero attached hydrogens (tertiary/aromatic N) is 1. The number of hydrogen-bond acceptors (Lipinski definition) is 6. The molecule has 0 aliphatic carbocycles. The molecule has 0 bridgehead atoms. The topological polar surface area (TPSA) is 97.3 Å². The summed E-state index contributed by atoms with van der Waals surface area (Å²) in [6.45, 7) is 8.05. The van der Waals surface area contributed by atoms with Crippen LogP contribution in [0.5, 0.6) is 0 Å². The minimum atomic E-state index is -4.76. The van der Waals surface area contributed by atoms with Gasteiger partial charge in [0.05, 0.1) is 40.5 Å². The fourth-order valence-corrected chi connectivity index (χ4v) is 6.17. The number of likely N-dealkylation sites (N-methyl/N-ethyl adjacent to an activating group) is 1. The minimum Gasteiger partial charge on any atom is -0.756 e. The third-order valence-electron chi connectivity index (χ3n) is 8.02. The standard InChI is InChI=1S/C35H74NO7P/c1-6-8-9-10-11-12-13-16-19-22-26-34(25-7-2)42-29-24-21-18-15-14-17-20-23-28-40-31-32-41-30-27-35(33-36(3,4)5)43-44(37,38)39/h34-35H,6-33H2,1-5H3,(H-,37,38,39). The van der Waals surface area contributed by atoms with Gasteiger partial charge in [-0.1, -0.05) is 123 Å². The average Bonchev–Trinajstić information content (AvgIpc) is 2.93. The van der Waals surface area contributed by atoms with Gasteiger partial charge in [0.25, 0.3) is 7.82 Å². The van der Waals surface area contributed by atoms with Crippen LogP contribution in [0.2, 0.25) is 0 Å². The number of phosphoric acid groups is 1. The molecule has 0 saturated carbocycles. The molecular weight excluding hydrogens is 577 g/mol. The molecule has 0 saturated heterocycles. The number of ether oxygens (including phenoxy) is 3. The van der Waals surface area contributed by atoms with Crippen LogP contribution in [0.25, 0.3) is 0 Å². The lowest BCUT2D eigenvalue weighted by molar-refractivity contribution is -0.873. The number of unbranched alkanes of at least 4 members (excludes halogenated alkanes) is 16. The first-order valence-electron chi connectivity index (χ1n) is 18.4. The fourth-order valence-electron chi connectivity index (χ4n) is 5.62. The van der Waals surface area contributed by atoms with E-state index in [0.717, 1.165) is 19.6 Å². The van der Waals surface area contributed by atoms with E-state index < -0.39 is 13.9 Å². The van der Waals surface area contributed by atoms with Crippen molar-refractivity contribution in [3.05, 3.63) is 0 Å². The maximum atomic E-state index is 11.1. The lowest BCUT2D eigenvalue weighted by atomic mass is 10.0. The van der Waals surface area contributed by atoms with Gasteiger partial charge < -0.3 is 33.0 Å². The van der Waals surface area contributed by atoms with E-state index in [2.05, 4.69) is 13.8 Å². The van der Waals surface area contributed by atoms with Crippen molar-refractivity contribution in [2.75, 3.05) is 60.7 Å². The molecule has 44 heavy (non-hydrogen) atoms. The molecule has 0 aromatic rings. The van der Waals surface area contributed by atoms with Gasteiger partial charge in [-0.2, -0.15) is 0 Å². The Morgan fingerprint density at radius 1 is 0.568 bits per heavy atom. The molecule has 0 aliphatic heterocycles. The van der Waals surface area contributed by atoms with Crippen molar-refractivity contribution in [1.29, 1.82) is 0 Å². The van der Waals surface area contributed by atoms with Crippen LogP contribution in [-0.2, 0) is 23.3 Å². The van der Waals surface area contributed by atoms with Gasteiger partial charge in [-0.15, -0.1) is 0 Å². The number of quaternary nitrogens is 1. The molecular formula is C35H74NO7P. The zero-order valence-corrected chi connectivity index (χ0v) is 30.6. The molecule has 0 spiro atoms. The van der Waals surface area contributed by atoms with E-state index in [1.165, 1.54) is 128 Å². The highest BCUT2D eigenvalue weighted by Crippen LogP contribution is 2.33. The summed E-state index contributed by atoms with van der Waals surface area (Å²) in [5.74, 6) is 0. The minimum absolute atomic E-state index is 0.360. The summed E-state index contributed by atoms with van der Waals surface area (Å²) in [6.07, 6.45) is 27.8. The number of hydrogen-bond donors (Lipinski definition) is 1. The Bertz CT molecular complexity index is 641. The Hall–Kier alpha value is -0.0500. The maximum Gasteiger partial charge on any atom is 0.265 e.